The molecular formula is C16H17BrF5N3O3. The zero-order valence-electron chi connectivity index (χ0n) is 14.3. The molecule has 28 heavy (non-hydrogen) atoms. The van der Waals surface area contributed by atoms with Crippen molar-refractivity contribution < 1.29 is 36.6 Å². The minimum Gasteiger partial charge on any atom is -0.475 e. The highest BCUT2D eigenvalue weighted by molar-refractivity contribution is 9.10. The van der Waals surface area contributed by atoms with Crippen molar-refractivity contribution in [2.24, 2.45) is 11.3 Å². The van der Waals surface area contributed by atoms with Crippen molar-refractivity contribution in [2.45, 2.75) is 24.9 Å². The average molecular weight is 474 g/mol. The maximum Gasteiger partial charge on any atom is 0.490 e. The topological polar surface area (TPSA) is 91.3 Å². The van der Waals surface area contributed by atoms with Crippen LogP contribution in [0.1, 0.15) is 18.5 Å². The number of alkyl halides is 5. The van der Waals surface area contributed by atoms with E-state index < -0.39 is 29.7 Å². The molecule has 0 unspecified atom stereocenters. The summed E-state index contributed by atoms with van der Waals surface area (Å²) >= 11 is 3.02. The molecule has 0 bridgehead atoms. The second-order valence-electron chi connectivity index (χ2n) is 6.62. The molecule has 3 N–H and O–H groups in total. The lowest BCUT2D eigenvalue weighted by Crippen LogP contribution is -2.51. The van der Waals surface area contributed by atoms with Crippen LogP contribution in [0.25, 0.3) is 0 Å². The standard InChI is InChI=1S/C14H16BrF2N3O.C2HF3O2/c15-10-2-1-5-19-11(10)14(16,17)12(21)20-8-13-4-3-9(13)6-18-7-13;3-2(4,5)1(6)7/h1-2,5,9,18H,3-4,6-8H2,(H,20,21);(H,6,7)/t9-,13+;/m0./s1. The Morgan fingerprint density at radius 1 is 1.36 bits per heavy atom. The van der Waals surface area contributed by atoms with Gasteiger partial charge in [0.2, 0.25) is 0 Å². The number of nitrogens with zero attached hydrogens (tertiary/aromatic N) is 1. The second-order valence-corrected chi connectivity index (χ2v) is 7.48. The summed E-state index contributed by atoms with van der Waals surface area (Å²) in [4.78, 5) is 24.4. The van der Waals surface area contributed by atoms with Crippen molar-refractivity contribution in [1.82, 2.24) is 15.6 Å². The van der Waals surface area contributed by atoms with Gasteiger partial charge < -0.3 is 15.7 Å². The number of nitrogens with one attached hydrogen (secondary N) is 2. The minimum absolute atomic E-state index is 0.0346. The van der Waals surface area contributed by atoms with Crippen molar-refractivity contribution >= 4 is 27.8 Å². The van der Waals surface area contributed by atoms with Crippen LogP contribution in [0.5, 0.6) is 0 Å². The molecule has 1 aliphatic heterocycles. The summed E-state index contributed by atoms with van der Waals surface area (Å²) in [6.45, 7) is 2.00. The minimum atomic E-state index is -5.08. The highest BCUT2D eigenvalue weighted by Gasteiger charge is 2.51. The first-order valence-corrected chi connectivity index (χ1v) is 8.97. The Labute approximate surface area is 165 Å². The molecule has 2 heterocycles. The van der Waals surface area contributed by atoms with Crippen molar-refractivity contribution in [3.8, 4) is 0 Å². The fourth-order valence-corrected chi connectivity index (χ4v) is 3.69. The van der Waals surface area contributed by atoms with E-state index in [1.54, 1.807) is 0 Å². The van der Waals surface area contributed by atoms with Crippen molar-refractivity contribution in [3.05, 3.63) is 28.5 Å². The van der Waals surface area contributed by atoms with Gasteiger partial charge in [0.1, 0.15) is 5.69 Å². The third-order valence-corrected chi connectivity index (χ3v) is 5.55. The normalized spacial score (nSPS) is 23.7. The Balaban J connectivity index is 0.000000345. The van der Waals surface area contributed by atoms with E-state index in [2.05, 4.69) is 31.5 Å². The van der Waals surface area contributed by atoms with E-state index in [0.717, 1.165) is 25.9 Å². The Hall–Kier alpha value is -1.82. The number of carboxylic acid groups (broad SMARTS) is 1. The highest BCUT2D eigenvalue weighted by Crippen LogP contribution is 2.48. The van der Waals surface area contributed by atoms with Gasteiger partial charge in [-0.25, -0.2) is 4.79 Å². The molecule has 0 spiro atoms. The zero-order valence-corrected chi connectivity index (χ0v) is 15.9. The molecule has 2 fully saturated rings. The van der Waals surface area contributed by atoms with Crippen LogP contribution in [-0.2, 0) is 15.5 Å². The van der Waals surface area contributed by atoms with Crippen molar-refractivity contribution in [1.29, 1.82) is 0 Å². The summed E-state index contributed by atoms with van der Waals surface area (Å²) in [5.74, 6) is -7.18. The first kappa shape index (κ1) is 22.5. The summed E-state index contributed by atoms with van der Waals surface area (Å²) in [6, 6.07) is 2.98. The van der Waals surface area contributed by atoms with E-state index in [1.807, 2.05) is 0 Å². The molecule has 0 radical (unpaired) electrons. The molecular weight excluding hydrogens is 457 g/mol. The van der Waals surface area contributed by atoms with Gasteiger partial charge in [-0.1, -0.05) is 0 Å². The van der Waals surface area contributed by atoms with Gasteiger partial charge in [0, 0.05) is 29.2 Å². The molecule has 1 amide bonds. The number of amides is 1. The van der Waals surface area contributed by atoms with Gasteiger partial charge in [0.15, 0.2) is 0 Å². The van der Waals surface area contributed by atoms with Crippen LogP contribution < -0.4 is 10.6 Å². The maximum absolute atomic E-state index is 14.2. The third-order valence-electron chi connectivity index (χ3n) is 4.91. The van der Waals surface area contributed by atoms with E-state index in [0.29, 0.717) is 12.5 Å². The predicted molar refractivity (Wildman–Crippen MR) is 90.6 cm³/mol. The molecule has 156 valence electrons. The number of hydrogen-bond donors (Lipinski definition) is 3. The van der Waals surface area contributed by atoms with Crippen LogP contribution in [0.2, 0.25) is 0 Å². The van der Waals surface area contributed by atoms with Crippen LogP contribution in [0, 0.1) is 11.3 Å². The van der Waals surface area contributed by atoms with Crippen LogP contribution in [0.4, 0.5) is 22.0 Å². The van der Waals surface area contributed by atoms with Crippen LogP contribution >= 0.6 is 15.9 Å². The maximum atomic E-state index is 14.2. The number of pyridine rings is 1. The van der Waals surface area contributed by atoms with Gasteiger partial charge in [-0.2, -0.15) is 22.0 Å². The zero-order chi connectivity index (χ0) is 21.2. The van der Waals surface area contributed by atoms with E-state index in [-0.39, 0.29) is 9.89 Å². The van der Waals surface area contributed by atoms with Gasteiger partial charge in [0.05, 0.1) is 0 Å². The number of carboxylic acids is 1. The average Bonchev–Trinajstić information content (AvgIpc) is 2.87. The van der Waals surface area contributed by atoms with Gasteiger partial charge in [-0.05, 0) is 53.4 Å². The molecule has 1 aromatic heterocycles. The monoisotopic (exact) mass is 473 g/mol. The molecule has 1 saturated carbocycles. The predicted octanol–water partition coefficient (Wildman–Crippen LogP) is 2.69. The molecule has 1 aromatic rings. The summed E-state index contributed by atoms with van der Waals surface area (Å²) in [5, 5.41) is 12.8. The summed E-state index contributed by atoms with van der Waals surface area (Å²) in [7, 11) is 0. The number of halogens is 6. The third kappa shape index (κ3) is 4.77. The SMILES string of the molecule is O=C(NC[C@]12CC[C@H]1CNC2)C(F)(F)c1ncccc1Br.O=C(O)C(F)(F)F. The molecule has 12 heteroatoms. The molecule has 1 saturated heterocycles. The van der Waals surface area contributed by atoms with Gasteiger partial charge >= 0.3 is 18.1 Å². The van der Waals surface area contributed by atoms with E-state index >= 15 is 0 Å². The fourth-order valence-electron chi connectivity index (χ4n) is 3.19. The van der Waals surface area contributed by atoms with Gasteiger partial charge in [-0.3, -0.25) is 9.78 Å². The lowest BCUT2D eigenvalue weighted by atomic mass is 9.62. The molecule has 2 aliphatic rings. The van der Waals surface area contributed by atoms with Crippen LogP contribution in [0.15, 0.2) is 22.8 Å². The van der Waals surface area contributed by atoms with Gasteiger partial charge in [-0.15, -0.1) is 0 Å². The Morgan fingerprint density at radius 3 is 2.46 bits per heavy atom. The number of carbonyl (C=O) groups is 2. The number of aliphatic carboxylic acids is 1. The first-order valence-electron chi connectivity index (χ1n) is 8.18. The summed E-state index contributed by atoms with van der Waals surface area (Å²) in [6.07, 6.45) is -1.75. The fraction of sp³-hybridized carbons (Fsp3) is 0.562. The van der Waals surface area contributed by atoms with Gasteiger partial charge in [0.25, 0.3) is 5.91 Å². The number of fused-ring (bicyclic) bond motifs is 1. The van der Waals surface area contributed by atoms with Crippen molar-refractivity contribution in [2.75, 3.05) is 19.6 Å². The summed E-state index contributed by atoms with van der Waals surface area (Å²) in [5.41, 5.74) is -0.581. The van der Waals surface area contributed by atoms with E-state index in [1.165, 1.54) is 18.3 Å². The largest absolute Gasteiger partial charge is 0.490 e. The Kier molecular flexibility index (Phi) is 6.64. The molecule has 3 rings (SSSR count). The van der Waals surface area contributed by atoms with E-state index in [9.17, 15) is 26.7 Å². The van der Waals surface area contributed by atoms with Crippen LogP contribution in [0.3, 0.4) is 0 Å². The number of rotatable bonds is 4. The van der Waals surface area contributed by atoms with E-state index in [4.69, 9.17) is 9.90 Å². The quantitative estimate of drug-likeness (QED) is 0.584. The lowest BCUT2D eigenvalue weighted by molar-refractivity contribution is -0.192. The Bertz CT molecular complexity index is 746. The van der Waals surface area contributed by atoms with Crippen LogP contribution in [-0.4, -0.2) is 47.8 Å². The van der Waals surface area contributed by atoms with Crippen molar-refractivity contribution in [3.63, 3.8) is 0 Å². The highest BCUT2D eigenvalue weighted by atomic mass is 79.9. The lowest BCUT2D eigenvalue weighted by Gasteiger charge is -2.44. The molecule has 0 aromatic carbocycles. The molecule has 6 nitrogen and oxygen atoms in total. The Morgan fingerprint density at radius 2 is 2.00 bits per heavy atom. The molecule has 2 atom stereocenters. The second kappa shape index (κ2) is 8.27. The number of hydrogen-bond acceptors (Lipinski definition) is 4. The summed E-state index contributed by atoms with van der Waals surface area (Å²) < 4.78 is 60.3. The smallest absolute Gasteiger partial charge is 0.475 e. The number of aromatic nitrogens is 1. The number of carbonyl (C=O) groups excluding carboxylic acids is 1. The molecule has 1 aliphatic carbocycles. The first-order chi connectivity index (χ1) is 12.9.